The van der Waals surface area contributed by atoms with E-state index in [0.29, 0.717) is 18.7 Å². The SMILES string of the molecule is CCOC(=O)C1=c2ccccc2=NC1. The Morgan fingerprint density at radius 3 is 3.07 bits per heavy atom. The Hall–Kier alpha value is -1.64. The molecule has 14 heavy (non-hydrogen) atoms. The Morgan fingerprint density at radius 1 is 1.50 bits per heavy atom. The van der Waals surface area contributed by atoms with Gasteiger partial charge in [-0.2, -0.15) is 0 Å². The Bertz CT molecular complexity index is 476. The van der Waals surface area contributed by atoms with Crippen molar-refractivity contribution in [3.05, 3.63) is 34.8 Å². The minimum absolute atomic E-state index is 0.249. The highest BCUT2D eigenvalue weighted by atomic mass is 16.5. The largest absolute Gasteiger partial charge is 0.463 e. The highest BCUT2D eigenvalue weighted by Gasteiger charge is 2.14. The van der Waals surface area contributed by atoms with Crippen molar-refractivity contribution in [1.82, 2.24) is 0 Å². The van der Waals surface area contributed by atoms with E-state index in [1.54, 1.807) is 6.92 Å². The molecule has 0 spiro atoms. The third-order valence-electron chi connectivity index (χ3n) is 2.16. The molecule has 2 rings (SSSR count). The van der Waals surface area contributed by atoms with E-state index >= 15 is 0 Å². The number of ether oxygens (including phenoxy) is 1. The van der Waals surface area contributed by atoms with Gasteiger partial charge in [0.1, 0.15) is 0 Å². The summed E-state index contributed by atoms with van der Waals surface area (Å²) in [5, 5.41) is 1.79. The third-order valence-corrected chi connectivity index (χ3v) is 2.16. The van der Waals surface area contributed by atoms with Gasteiger partial charge in [-0.05, 0) is 13.0 Å². The van der Waals surface area contributed by atoms with Crippen molar-refractivity contribution in [3.63, 3.8) is 0 Å². The van der Waals surface area contributed by atoms with Crippen molar-refractivity contribution in [3.8, 4) is 0 Å². The van der Waals surface area contributed by atoms with Gasteiger partial charge < -0.3 is 4.74 Å². The molecule has 0 unspecified atom stereocenters. The van der Waals surface area contributed by atoms with Crippen LogP contribution in [-0.4, -0.2) is 19.1 Å². The summed E-state index contributed by atoms with van der Waals surface area (Å²) in [7, 11) is 0. The van der Waals surface area contributed by atoms with E-state index in [1.807, 2.05) is 24.3 Å². The van der Waals surface area contributed by atoms with Crippen molar-refractivity contribution in [2.75, 3.05) is 13.2 Å². The van der Waals surface area contributed by atoms with Crippen molar-refractivity contribution in [1.29, 1.82) is 0 Å². The molecule has 0 saturated carbocycles. The predicted molar refractivity (Wildman–Crippen MR) is 52.1 cm³/mol. The maximum atomic E-state index is 11.5. The fourth-order valence-electron chi connectivity index (χ4n) is 1.51. The van der Waals surface area contributed by atoms with E-state index < -0.39 is 0 Å². The van der Waals surface area contributed by atoms with Crippen LogP contribution in [0.1, 0.15) is 6.92 Å². The number of nitrogens with zero attached hydrogens (tertiary/aromatic N) is 1. The summed E-state index contributed by atoms with van der Waals surface area (Å²) in [6.45, 7) is 2.65. The number of carbonyl (C=O) groups excluding carboxylic acids is 1. The number of esters is 1. The van der Waals surface area contributed by atoms with Gasteiger partial charge in [0.15, 0.2) is 0 Å². The average Bonchev–Trinajstić information content (AvgIpc) is 2.61. The van der Waals surface area contributed by atoms with Crippen molar-refractivity contribution < 1.29 is 9.53 Å². The molecule has 0 amide bonds. The normalized spacial score (nSPS) is 13.4. The van der Waals surface area contributed by atoms with Gasteiger partial charge in [-0.15, -0.1) is 0 Å². The smallest absolute Gasteiger partial charge is 0.336 e. The first kappa shape index (κ1) is 8.94. The molecule has 1 aliphatic rings. The first-order chi connectivity index (χ1) is 6.83. The summed E-state index contributed by atoms with van der Waals surface area (Å²) in [6, 6.07) is 7.62. The Labute approximate surface area is 81.7 Å². The van der Waals surface area contributed by atoms with Crippen LogP contribution in [0.15, 0.2) is 29.3 Å². The van der Waals surface area contributed by atoms with Crippen LogP contribution < -0.4 is 10.6 Å². The molecular weight excluding hydrogens is 178 g/mol. The molecule has 0 radical (unpaired) electrons. The van der Waals surface area contributed by atoms with Crippen LogP contribution >= 0.6 is 0 Å². The molecule has 72 valence electrons. The number of hydrogen-bond acceptors (Lipinski definition) is 3. The van der Waals surface area contributed by atoms with Gasteiger partial charge in [-0.25, -0.2) is 4.79 Å². The lowest BCUT2D eigenvalue weighted by Crippen LogP contribution is -2.25. The van der Waals surface area contributed by atoms with Crippen LogP contribution in [0.4, 0.5) is 0 Å². The zero-order valence-corrected chi connectivity index (χ0v) is 7.99. The van der Waals surface area contributed by atoms with E-state index in [1.165, 1.54) is 0 Å². The van der Waals surface area contributed by atoms with Crippen LogP contribution in [0.3, 0.4) is 0 Å². The van der Waals surface area contributed by atoms with Gasteiger partial charge >= 0.3 is 5.97 Å². The summed E-state index contributed by atoms with van der Waals surface area (Å²) < 4.78 is 4.95. The van der Waals surface area contributed by atoms with Crippen LogP contribution in [-0.2, 0) is 9.53 Å². The third kappa shape index (κ3) is 1.41. The Balaban J connectivity index is 2.50. The number of fused-ring (bicyclic) bond motifs is 1. The number of carbonyl (C=O) groups is 1. The molecule has 0 fully saturated rings. The van der Waals surface area contributed by atoms with Gasteiger partial charge in [-0.3, -0.25) is 4.99 Å². The maximum absolute atomic E-state index is 11.5. The Kier molecular flexibility index (Phi) is 2.31. The predicted octanol–water partition coefficient (Wildman–Crippen LogP) is 0.0336. The van der Waals surface area contributed by atoms with Gasteiger partial charge in [0.05, 0.1) is 24.1 Å². The number of hydrogen-bond donors (Lipinski definition) is 0. The first-order valence-corrected chi connectivity index (χ1v) is 4.62. The molecule has 1 heterocycles. The fraction of sp³-hybridized carbons (Fsp3) is 0.273. The van der Waals surface area contributed by atoms with Crippen LogP contribution in [0.5, 0.6) is 0 Å². The van der Waals surface area contributed by atoms with Gasteiger partial charge in [-0.1, -0.05) is 18.2 Å². The molecule has 0 bridgehead atoms. The molecule has 1 aliphatic heterocycles. The van der Waals surface area contributed by atoms with Crippen LogP contribution in [0, 0.1) is 0 Å². The summed E-state index contributed by atoms with van der Waals surface area (Å²) in [5.74, 6) is -0.249. The zero-order chi connectivity index (χ0) is 9.97. The minimum atomic E-state index is -0.249. The second-order valence-electron chi connectivity index (χ2n) is 3.03. The Morgan fingerprint density at radius 2 is 2.29 bits per heavy atom. The maximum Gasteiger partial charge on any atom is 0.336 e. The lowest BCUT2D eigenvalue weighted by molar-refractivity contribution is -0.136. The second-order valence-corrected chi connectivity index (χ2v) is 3.03. The fourth-order valence-corrected chi connectivity index (χ4v) is 1.51. The van der Waals surface area contributed by atoms with Crippen LogP contribution in [0.2, 0.25) is 0 Å². The molecule has 0 saturated heterocycles. The number of rotatable bonds is 2. The average molecular weight is 189 g/mol. The molecular formula is C11H11NO2. The molecule has 0 N–H and O–H groups in total. The van der Waals surface area contributed by atoms with Gasteiger partial charge in [0, 0.05) is 5.22 Å². The van der Waals surface area contributed by atoms with Gasteiger partial charge in [0.2, 0.25) is 0 Å². The zero-order valence-electron chi connectivity index (χ0n) is 7.99. The molecule has 1 aromatic carbocycles. The monoisotopic (exact) mass is 189 g/mol. The van der Waals surface area contributed by atoms with E-state index in [2.05, 4.69) is 4.99 Å². The summed E-state index contributed by atoms with van der Waals surface area (Å²) in [6.07, 6.45) is 0. The highest BCUT2D eigenvalue weighted by Crippen LogP contribution is 2.00. The lowest BCUT2D eigenvalue weighted by atomic mass is 10.2. The van der Waals surface area contributed by atoms with E-state index in [9.17, 15) is 4.79 Å². The molecule has 0 aliphatic carbocycles. The lowest BCUT2D eigenvalue weighted by Gasteiger charge is -2.00. The quantitative estimate of drug-likeness (QED) is 0.616. The van der Waals surface area contributed by atoms with Crippen LogP contribution in [0.25, 0.3) is 5.57 Å². The molecule has 0 atom stereocenters. The summed E-state index contributed by atoms with van der Waals surface area (Å²) in [5.41, 5.74) is 0.669. The van der Waals surface area contributed by atoms with E-state index in [-0.39, 0.29) is 5.97 Å². The topological polar surface area (TPSA) is 38.7 Å². The molecule has 0 aromatic heterocycles. The second kappa shape index (κ2) is 3.62. The first-order valence-electron chi connectivity index (χ1n) is 4.62. The number of benzene rings is 1. The van der Waals surface area contributed by atoms with E-state index in [4.69, 9.17) is 4.74 Å². The van der Waals surface area contributed by atoms with Crippen molar-refractivity contribution in [2.45, 2.75) is 6.92 Å². The summed E-state index contributed by atoms with van der Waals surface area (Å²) >= 11 is 0. The minimum Gasteiger partial charge on any atom is -0.463 e. The molecule has 1 aromatic rings. The van der Waals surface area contributed by atoms with Crippen molar-refractivity contribution >= 4 is 11.5 Å². The standard InChI is InChI=1S/C11H11NO2/c1-2-14-11(13)9-7-12-10-6-4-3-5-8(9)10/h3-6H,2,7H2,1H3. The molecule has 3 heteroatoms. The van der Waals surface area contributed by atoms with E-state index in [0.717, 1.165) is 10.6 Å². The highest BCUT2D eigenvalue weighted by molar-refractivity contribution is 6.10. The number of para-hydroxylation sites is 1. The van der Waals surface area contributed by atoms with Crippen molar-refractivity contribution in [2.24, 2.45) is 4.99 Å². The van der Waals surface area contributed by atoms with Gasteiger partial charge in [0.25, 0.3) is 0 Å². The molecule has 3 nitrogen and oxygen atoms in total. The summed E-state index contributed by atoms with van der Waals surface area (Å²) in [4.78, 5) is 15.7.